The van der Waals surface area contributed by atoms with E-state index in [2.05, 4.69) is 0 Å². The Labute approximate surface area is 113 Å². The minimum absolute atomic E-state index is 0.0941. The molecule has 1 fully saturated rings. The molecule has 1 aromatic rings. The van der Waals surface area contributed by atoms with E-state index < -0.39 is 0 Å². The third-order valence-electron chi connectivity index (χ3n) is 3.80. The lowest BCUT2D eigenvalue weighted by Gasteiger charge is -2.31. The number of halogens is 1. The summed E-state index contributed by atoms with van der Waals surface area (Å²) in [6.07, 6.45) is 2.16. The zero-order chi connectivity index (χ0) is 13.3. The molecule has 1 saturated heterocycles. The summed E-state index contributed by atoms with van der Waals surface area (Å²) in [5, 5.41) is 0. The fraction of sp³-hybridized carbons (Fsp3) is 0.643. The molecule has 4 heteroatoms. The molecule has 0 aromatic carbocycles. The van der Waals surface area contributed by atoms with Gasteiger partial charge in [-0.15, -0.1) is 11.6 Å². The first-order valence-corrected chi connectivity index (χ1v) is 6.99. The number of aryl methyl sites for hydroxylation is 2. The molecule has 1 unspecified atom stereocenters. The van der Waals surface area contributed by atoms with Crippen LogP contribution in [0.3, 0.4) is 0 Å². The Hall–Kier alpha value is -0.960. The molecule has 0 aliphatic carbocycles. The van der Waals surface area contributed by atoms with Crippen molar-refractivity contribution >= 4 is 17.5 Å². The molecule has 0 saturated carbocycles. The fourth-order valence-electron chi connectivity index (χ4n) is 2.64. The summed E-state index contributed by atoms with van der Waals surface area (Å²) in [5.74, 6) is 2.71. The van der Waals surface area contributed by atoms with Gasteiger partial charge in [0.1, 0.15) is 11.5 Å². The summed E-state index contributed by atoms with van der Waals surface area (Å²) in [7, 11) is 0. The topological polar surface area (TPSA) is 33.5 Å². The van der Waals surface area contributed by atoms with Crippen molar-refractivity contribution in [3.8, 4) is 0 Å². The molecule has 0 N–H and O–H groups in total. The van der Waals surface area contributed by atoms with Crippen LogP contribution in [0.15, 0.2) is 4.42 Å². The minimum atomic E-state index is 0.0941. The van der Waals surface area contributed by atoms with E-state index in [9.17, 15) is 4.79 Å². The van der Waals surface area contributed by atoms with Crippen LogP contribution in [0.2, 0.25) is 0 Å². The zero-order valence-electron chi connectivity index (χ0n) is 11.3. The van der Waals surface area contributed by atoms with E-state index in [0.717, 1.165) is 48.6 Å². The lowest BCUT2D eigenvalue weighted by Crippen LogP contribution is -2.40. The van der Waals surface area contributed by atoms with Crippen LogP contribution in [0.25, 0.3) is 0 Å². The molecule has 100 valence electrons. The average Bonchev–Trinajstić information content (AvgIpc) is 2.62. The highest BCUT2D eigenvalue weighted by molar-refractivity contribution is 6.18. The smallest absolute Gasteiger partial charge is 0.257 e. The highest BCUT2D eigenvalue weighted by atomic mass is 35.5. The van der Waals surface area contributed by atoms with Crippen molar-refractivity contribution in [3.63, 3.8) is 0 Å². The molecule has 0 spiro atoms. The van der Waals surface area contributed by atoms with E-state index in [1.54, 1.807) is 0 Å². The van der Waals surface area contributed by atoms with Gasteiger partial charge in [-0.05, 0) is 39.5 Å². The summed E-state index contributed by atoms with van der Waals surface area (Å²) in [6.45, 7) is 7.30. The molecule has 1 aromatic heterocycles. The number of amides is 1. The fourth-order valence-corrected chi connectivity index (χ4v) is 2.89. The van der Waals surface area contributed by atoms with Crippen molar-refractivity contribution in [2.45, 2.75) is 33.6 Å². The van der Waals surface area contributed by atoms with Crippen molar-refractivity contribution < 1.29 is 9.21 Å². The van der Waals surface area contributed by atoms with Gasteiger partial charge < -0.3 is 9.32 Å². The maximum Gasteiger partial charge on any atom is 0.257 e. The van der Waals surface area contributed by atoms with Crippen molar-refractivity contribution in [3.05, 3.63) is 22.6 Å². The number of nitrogens with zero attached hydrogens (tertiary/aromatic N) is 1. The quantitative estimate of drug-likeness (QED) is 0.772. The van der Waals surface area contributed by atoms with Gasteiger partial charge in [-0.1, -0.05) is 0 Å². The molecule has 0 radical (unpaired) electrons. The predicted molar refractivity (Wildman–Crippen MR) is 72.3 cm³/mol. The minimum Gasteiger partial charge on any atom is -0.466 e. The number of carbonyl (C=O) groups is 1. The summed E-state index contributed by atoms with van der Waals surface area (Å²) >= 11 is 5.91. The van der Waals surface area contributed by atoms with E-state index in [1.165, 1.54) is 0 Å². The van der Waals surface area contributed by atoms with Gasteiger partial charge in [-0.2, -0.15) is 0 Å². The van der Waals surface area contributed by atoms with Gasteiger partial charge in [0.25, 0.3) is 5.91 Å². The Bertz CT molecular complexity index is 453. The summed E-state index contributed by atoms with van der Waals surface area (Å²) in [4.78, 5) is 14.5. The number of likely N-dealkylation sites (tertiary alicyclic amines) is 1. The van der Waals surface area contributed by atoms with Crippen molar-refractivity contribution in [2.75, 3.05) is 19.0 Å². The second kappa shape index (κ2) is 5.35. The molecule has 2 heterocycles. The van der Waals surface area contributed by atoms with Gasteiger partial charge in [0.2, 0.25) is 0 Å². The van der Waals surface area contributed by atoms with Gasteiger partial charge in [-0.25, -0.2) is 0 Å². The van der Waals surface area contributed by atoms with Gasteiger partial charge in [-0.3, -0.25) is 4.79 Å². The zero-order valence-corrected chi connectivity index (χ0v) is 12.0. The summed E-state index contributed by atoms with van der Waals surface area (Å²) < 4.78 is 5.54. The van der Waals surface area contributed by atoms with E-state index in [0.29, 0.717) is 11.8 Å². The van der Waals surface area contributed by atoms with E-state index >= 15 is 0 Å². The Morgan fingerprint density at radius 3 is 2.67 bits per heavy atom. The maximum absolute atomic E-state index is 12.5. The molecule has 1 aliphatic rings. The number of carbonyl (C=O) groups excluding carboxylic acids is 1. The van der Waals surface area contributed by atoms with Crippen LogP contribution in [-0.4, -0.2) is 29.8 Å². The standard InChI is InChI=1S/C14H20ClNO2/c1-9-10(2)18-11(3)13(9)14(17)16-6-4-5-12(7-15)8-16/h12H,4-8H2,1-3H3. The van der Waals surface area contributed by atoms with Gasteiger partial charge >= 0.3 is 0 Å². The molecule has 2 rings (SSSR count). The van der Waals surface area contributed by atoms with Crippen LogP contribution in [0.4, 0.5) is 0 Å². The highest BCUT2D eigenvalue weighted by Gasteiger charge is 2.27. The van der Waals surface area contributed by atoms with Crippen LogP contribution in [-0.2, 0) is 0 Å². The van der Waals surface area contributed by atoms with E-state index in [-0.39, 0.29) is 5.91 Å². The lowest BCUT2D eigenvalue weighted by molar-refractivity contribution is 0.0682. The highest BCUT2D eigenvalue weighted by Crippen LogP contribution is 2.25. The molecule has 0 bridgehead atoms. The van der Waals surface area contributed by atoms with Gasteiger partial charge in [0, 0.05) is 24.5 Å². The third kappa shape index (κ3) is 2.41. The summed E-state index contributed by atoms with van der Waals surface area (Å²) in [6, 6.07) is 0. The first-order valence-electron chi connectivity index (χ1n) is 6.46. The number of hydrogen-bond donors (Lipinski definition) is 0. The maximum atomic E-state index is 12.5. The van der Waals surface area contributed by atoms with E-state index in [1.807, 2.05) is 25.7 Å². The van der Waals surface area contributed by atoms with Crippen LogP contribution in [0.1, 0.15) is 40.3 Å². The molecular weight excluding hydrogens is 250 g/mol. The van der Waals surface area contributed by atoms with Crippen LogP contribution >= 0.6 is 11.6 Å². The normalized spacial score (nSPS) is 20.2. The van der Waals surface area contributed by atoms with Crippen LogP contribution < -0.4 is 0 Å². The predicted octanol–water partition coefficient (Wildman–Crippen LogP) is 3.30. The first-order chi connectivity index (χ1) is 8.54. The molecular formula is C14H20ClNO2. The van der Waals surface area contributed by atoms with Gasteiger partial charge in [0.15, 0.2) is 0 Å². The summed E-state index contributed by atoms with van der Waals surface area (Å²) in [5.41, 5.74) is 1.70. The number of piperidine rings is 1. The Kier molecular flexibility index (Phi) is 4.00. The second-order valence-corrected chi connectivity index (χ2v) is 5.44. The van der Waals surface area contributed by atoms with E-state index in [4.69, 9.17) is 16.0 Å². The molecule has 18 heavy (non-hydrogen) atoms. The van der Waals surface area contributed by atoms with Gasteiger partial charge in [0.05, 0.1) is 5.56 Å². The lowest BCUT2D eigenvalue weighted by atomic mass is 9.98. The average molecular weight is 270 g/mol. The number of alkyl halides is 1. The van der Waals surface area contributed by atoms with Crippen molar-refractivity contribution in [1.82, 2.24) is 4.90 Å². The number of furan rings is 1. The number of rotatable bonds is 2. The Balaban J connectivity index is 2.20. The molecule has 1 amide bonds. The monoisotopic (exact) mass is 269 g/mol. The molecule has 3 nitrogen and oxygen atoms in total. The molecule has 1 atom stereocenters. The first kappa shape index (κ1) is 13.5. The third-order valence-corrected chi connectivity index (χ3v) is 4.24. The number of hydrogen-bond acceptors (Lipinski definition) is 2. The van der Waals surface area contributed by atoms with Crippen molar-refractivity contribution in [2.24, 2.45) is 5.92 Å². The molecule has 1 aliphatic heterocycles. The van der Waals surface area contributed by atoms with Crippen LogP contribution in [0, 0.1) is 26.7 Å². The largest absolute Gasteiger partial charge is 0.466 e. The van der Waals surface area contributed by atoms with Crippen molar-refractivity contribution in [1.29, 1.82) is 0 Å². The van der Waals surface area contributed by atoms with Crippen LogP contribution in [0.5, 0.6) is 0 Å². The second-order valence-electron chi connectivity index (χ2n) is 5.13. The SMILES string of the molecule is Cc1oc(C)c(C(=O)N2CCCC(CCl)C2)c1C. The Morgan fingerprint density at radius 1 is 1.39 bits per heavy atom. The Morgan fingerprint density at radius 2 is 2.11 bits per heavy atom.